The Morgan fingerprint density at radius 3 is 0.963 bits per heavy atom. The molecule has 0 unspecified atom stereocenters. The van der Waals surface area contributed by atoms with Crippen LogP contribution in [0, 0.1) is 0 Å². The minimum atomic E-state index is -5.14. The molecule has 0 saturated carbocycles. The summed E-state index contributed by atoms with van der Waals surface area (Å²) in [5.74, 6) is 0. The molecule has 0 aliphatic rings. The zero-order valence-electron chi connectivity index (χ0n) is 12.0. The van der Waals surface area contributed by atoms with Gasteiger partial charge in [-0.25, -0.2) is 12.5 Å². The van der Waals surface area contributed by atoms with E-state index in [0.29, 0.717) is 6.26 Å². The number of hydrogen-bond acceptors (Lipinski definition) is 12. The van der Waals surface area contributed by atoms with Gasteiger partial charge in [0.25, 0.3) is 20.2 Å². The molecule has 0 N–H and O–H groups in total. The molecule has 0 aliphatic carbocycles. The van der Waals surface area contributed by atoms with Gasteiger partial charge in [-0.05, 0) is 0 Å². The van der Waals surface area contributed by atoms with Gasteiger partial charge in [0.1, 0.15) is 0 Å². The Kier molecular flexibility index (Phi) is 31.6. The minimum Gasteiger partial charge on any atom is -0.274 e. The van der Waals surface area contributed by atoms with Crippen molar-refractivity contribution in [3.05, 3.63) is 0 Å². The highest BCUT2D eigenvalue weighted by molar-refractivity contribution is 7.86. The SMILES string of the molecule is C.C.C.C.COS(=O)(=O)F.COS(C)(=O)=O.CS(=O)(=O)OCOS(=O)(=O)F. The number of halogens is 2. The van der Waals surface area contributed by atoms with E-state index in [4.69, 9.17) is 8.42 Å². The maximum Gasteiger partial charge on any atom is 0.439 e. The fourth-order valence-electron chi connectivity index (χ4n) is 0.165. The van der Waals surface area contributed by atoms with Gasteiger partial charge in [-0.1, -0.05) is 37.5 Å². The largest absolute Gasteiger partial charge is 0.439 e. The first kappa shape index (κ1) is 45.3. The van der Waals surface area contributed by atoms with Gasteiger partial charge in [0.15, 0.2) is 6.79 Å². The lowest BCUT2D eigenvalue weighted by molar-refractivity contribution is 0.126. The maximum absolute atomic E-state index is 11.4. The predicted octanol–water partition coefficient (Wildman–Crippen LogP) is 1.13. The van der Waals surface area contributed by atoms with Crippen molar-refractivity contribution in [1.82, 2.24) is 0 Å². The summed E-state index contributed by atoms with van der Waals surface area (Å²) in [5.41, 5.74) is 0. The van der Waals surface area contributed by atoms with Gasteiger partial charge < -0.3 is 0 Å². The highest BCUT2D eigenvalue weighted by Crippen LogP contribution is 1.95. The van der Waals surface area contributed by atoms with Crippen LogP contribution in [0.4, 0.5) is 7.77 Å². The Hall–Kier alpha value is -0.500. The summed E-state index contributed by atoms with van der Waals surface area (Å²) in [6, 6.07) is 0. The van der Waals surface area contributed by atoms with Crippen LogP contribution in [0.1, 0.15) is 29.7 Å². The molecular weight excluding hydrogens is 466 g/mol. The van der Waals surface area contributed by atoms with Crippen molar-refractivity contribution in [2.75, 3.05) is 33.5 Å². The summed E-state index contributed by atoms with van der Waals surface area (Å²) >= 11 is 0. The molecule has 176 valence electrons. The minimum absolute atomic E-state index is 0. The standard InChI is InChI=1S/C2H5FO6S2.C2H6O3S.CH3FO3S.4CH4/c1-10(4,5)8-2-9-11(3,6)7;2*1-5-6(2,3)4;;;;/h2H2,1H3;1-2H3;1H3;4*1H4. The third-order valence-corrected chi connectivity index (χ3v) is 2.86. The summed E-state index contributed by atoms with van der Waals surface area (Å²) in [7, 11) is -14.9. The van der Waals surface area contributed by atoms with E-state index in [9.17, 15) is 33.0 Å². The molecule has 0 amide bonds. The monoisotopic (exact) mass is 496 g/mol. The Labute approximate surface area is 162 Å². The van der Waals surface area contributed by atoms with Crippen molar-refractivity contribution in [2.45, 2.75) is 29.7 Å². The van der Waals surface area contributed by atoms with E-state index < -0.39 is 48.0 Å². The molecule has 0 aliphatic heterocycles. The third kappa shape index (κ3) is 77.3. The quantitative estimate of drug-likeness (QED) is 0.292. The molecule has 12 nitrogen and oxygen atoms in total. The summed E-state index contributed by atoms with van der Waals surface area (Å²) in [6.07, 6.45) is 1.66. The number of rotatable bonds is 6. The molecular formula is C9H30F2O12S4. The van der Waals surface area contributed by atoms with Gasteiger partial charge in [0, 0.05) is 0 Å². The molecule has 0 spiro atoms. The van der Waals surface area contributed by atoms with Crippen LogP contribution >= 0.6 is 0 Å². The average molecular weight is 497 g/mol. The van der Waals surface area contributed by atoms with Crippen molar-refractivity contribution in [3.8, 4) is 0 Å². The van der Waals surface area contributed by atoms with Crippen LogP contribution < -0.4 is 0 Å². The zero-order valence-corrected chi connectivity index (χ0v) is 15.3. The van der Waals surface area contributed by atoms with Crippen molar-refractivity contribution < 1.29 is 58.2 Å². The normalized spacial score (nSPS) is 10.6. The first-order valence-corrected chi connectivity index (χ1v) is 10.8. The second kappa shape index (κ2) is 18.8. The Morgan fingerprint density at radius 2 is 0.852 bits per heavy atom. The van der Waals surface area contributed by atoms with Gasteiger partial charge in [0.2, 0.25) is 0 Å². The van der Waals surface area contributed by atoms with E-state index in [1.54, 1.807) is 0 Å². The lowest BCUT2D eigenvalue weighted by Crippen LogP contribution is -2.09. The first-order chi connectivity index (χ1) is 9.83. The molecule has 0 bridgehead atoms. The van der Waals surface area contributed by atoms with E-state index in [1.807, 2.05) is 0 Å². The van der Waals surface area contributed by atoms with Gasteiger partial charge in [-0.3, -0.25) is 4.18 Å². The highest BCUT2D eigenvalue weighted by Gasteiger charge is 2.09. The van der Waals surface area contributed by atoms with Crippen LogP contribution in [-0.4, -0.2) is 67.2 Å². The summed E-state index contributed by atoms with van der Waals surface area (Å²) in [6.45, 7) is -1.18. The highest BCUT2D eigenvalue weighted by atomic mass is 32.3. The molecule has 0 aromatic rings. The van der Waals surface area contributed by atoms with Gasteiger partial charge in [-0.2, -0.15) is 33.7 Å². The van der Waals surface area contributed by atoms with Crippen LogP contribution in [0.25, 0.3) is 0 Å². The predicted molar refractivity (Wildman–Crippen MR) is 97.7 cm³/mol. The van der Waals surface area contributed by atoms with E-state index in [2.05, 4.69) is 16.7 Å². The molecule has 0 aromatic heterocycles. The summed E-state index contributed by atoms with van der Waals surface area (Å²) in [5, 5.41) is 0. The second-order valence-corrected chi connectivity index (χ2v) is 8.41. The Balaban J connectivity index is -0.0000000440. The van der Waals surface area contributed by atoms with Gasteiger partial charge in [0.05, 0.1) is 26.7 Å². The van der Waals surface area contributed by atoms with Crippen molar-refractivity contribution in [3.63, 3.8) is 0 Å². The smallest absolute Gasteiger partial charge is 0.274 e. The van der Waals surface area contributed by atoms with E-state index in [-0.39, 0.29) is 29.7 Å². The van der Waals surface area contributed by atoms with E-state index in [1.165, 1.54) is 0 Å². The topological polar surface area (TPSA) is 173 Å². The number of hydrogen-bond donors (Lipinski definition) is 0. The van der Waals surface area contributed by atoms with E-state index >= 15 is 0 Å². The van der Waals surface area contributed by atoms with Crippen LogP contribution in [0.15, 0.2) is 0 Å². The van der Waals surface area contributed by atoms with Crippen LogP contribution in [0.3, 0.4) is 0 Å². The molecule has 0 radical (unpaired) electrons. The fraction of sp³-hybridized carbons (Fsp3) is 1.00. The maximum atomic E-state index is 11.4. The summed E-state index contributed by atoms with van der Waals surface area (Å²) < 4.78 is 114. The second-order valence-electron chi connectivity index (χ2n) is 2.88. The van der Waals surface area contributed by atoms with Crippen molar-refractivity contribution >= 4 is 41.2 Å². The van der Waals surface area contributed by atoms with Gasteiger partial charge >= 0.3 is 21.0 Å². The lowest BCUT2D eigenvalue weighted by Gasteiger charge is -1.96. The Morgan fingerprint density at radius 1 is 0.593 bits per heavy atom. The van der Waals surface area contributed by atoms with Crippen LogP contribution in [0.5, 0.6) is 0 Å². The lowest BCUT2D eigenvalue weighted by atomic mass is 11.6. The van der Waals surface area contributed by atoms with Crippen molar-refractivity contribution in [2.24, 2.45) is 0 Å². The molecule has 0 fully saturated rings. The molecule has 18 heteroatoms. The molecule has 27 heavy (non-hydrogen) atoms. The van der Waals surface area contributed by atoms with Crippen LogP contribution in [0.2, 0.25) is 0 Å². The molecule has 0 heterocycles. The Bertz CT molecular complexity index is 662. The van der Waals surface area contributed by atoms with Crippen LogP contribution in [-0.2, 0) is 58.0 Å². The first-order valence-electron chi connectivity index (χ1n) is 4.52. The zero-order chi connectivity index (χ0) is 19.5. The van der Waals surface area contributed by atoms with Crippen molar-refractivity contribution in [1.29, 1.82) is 0 Å². The molecule has 0 aromatic carbocycles. The van der Waals surface area contributed by atoms with E-state index in [0.717, 1.165) is 20.5 Å². The van der Waals surface area contributed by atoms with Gasteiger partial charge in [-0.15, -0.1) is 0 Å². The third-order valence-electron chi connectivity index (χ3n) is 0.953. The fourth-order valence-corrected chi connectivity index (χ4v) is 0.611. The molecule has 0 atom stereocenters. The average Bonchev–Trinajstić information content (AvgIpc) is 2.25. The molecule has 0 saturated heterocycles. The molecule has 0 rings (SSSR count). The summed E-state index contributed by atoms with van der Waals surface area (Å²) in [4.78, 5) is 0.